The molecule has 1 fully saturated rings. The smallest absolute Gasteiger partial charge is 0.251 e. The molecular weight excluding hydrogens is 590 g/mol. The number of benzene rings is 3. The number of carbonyl (C=O) groups excluding carboxylic acids is 3. The van der Waals surface area contributed by atoms with Gasteiger partial charge in [-0.3, -0.25) is 19.5 Å². The van der Waals surface area contributed by atoms with E-state index in [-0.39, 0.29) is 23.6 Å². The van der Waals surface area contributed by atoms with Gasteiger partial charge in [-0.05, 0) is 98.3 Å². The number of nitrogens with one attached hydrogen (secondary N) is 4. The van der Waals surface area contributed by atoms with E-state index < -0.39 is 6.04 Å². The van der Waals surface area contributed by atoms with Crippen LogP contribution in [0.1, 0.15) is 55.5 Å². The quantitative estimate of drug-likeness (QED) is 0.135. The van der Waals surface area contributed by atoms with Crippen LogP contribution in [0.25, 0.3) is 22.0 Å². The van der Waals surface area contributed by atoms with Gasteiger partial charge in [-0.15, -0.1) is 0 Å². The Morgan fingerprint density at radius 1 is 0.957 bits per heavy atom. The number of fused-ring (bicyclic) bond motifs is 1. The minimum atomic E-state index is -0.773. The number of hydrogen-bond acceptors (Lipinski definition) is 6. The first-order valence-corrected chi connectivity index (χ1v) is 16.8. The van der Waals surface area contributed by atoms with Gasteiger partial charge < -0.3 is 26.6 Å². The van der Waals surface area contributed by atoms with E-state index in [1.165, 1.54) is 0 Å². The Bertz CT molecular complexity index is 1640. The Labute approximate surface area is 276 Å². The molecule has 0 radical (unpaired) electrons. The maximum absolute atomic E-state index is 13.7. The first-order chi connectivity index (χ1) is 22.9. The van der Waals surface area contributed by atoms with Crippen molar-refractivity contribution in [1.82, 2.24) is 25.7 Å². The van der Waals surface area contributed by atoms with Crippen molar-refractivity contribution < 1.29 is 14.4 Å². The number of H-pyrrole nitrogens is 1. The molecule has 10 heteroatoms. The van der Waals surface area contributed by atoms with Crippen molar-refractivity contribution in [2.75, 3.05) is 38.0 Å². The predicted molar refractivity (Wildman–Crippen MR) is 187 cm³/mol. The summed E-state index contributed by atoms with van der Waals surface area (Å²) < 4.78 is 0. The Hall–Kier alpha value is -4.54. The van der Waals surface area contributed by atoms with Crippen molar-refractivity contribution in [2.24, 2.45) is 17.6 Å². The maximum Gasteiger partial charge on any atom is 0.251 e. The Kier molecular flexibility index (Phi) is 11.8. The van der Waals surface area contributed by atoms with E-state index in [2.05, 4.69) is 44.9 Å². The van der Waals surface area contributed by atoms with Crippen LogP contribution in [0.5, 0.6) is 0 Å². The molecule has 0 unspecified atom stereocenters. The van der Waals surface area contributed by atoms with Gasteiger partial charge in [-0.2, -0.15) is 5.10 Å². The molecular formula is C37H47N7O3. The maximum atomic E-state index is 13.7. The number of aromatic nitrogens is 2. The van der Waals surface area contributed by atoms with Crippen LogP contribution in [0.3, 0.4) is 0 Å². The molecule has 4 aromatic rings. The van der Waals surface area contributed by atoms with Crippen LogP contribution < -0.4 is 21.7 Å². The molecule has 6 N–H and O–H groups in total. The van der Waals surface area contributed by atoms with Crippen LogP contribution >= 0.6 is 0 Å². The van der Waals surface area contributed by atoms with Gasteiger partial charge in [0, 0.05) is 42.1 Å². The zero-order chi connectivity index (χ0) is 33.2. The fourth-order valence-corrected chi connectivity index (χ4v) is 6.30. The zero-order valence-corrected chi connectivity index (χ0v) is 27.4. The van der Waals surface area contributed by atoms with E-state index in [1.807, 2.05) is 66.7 Å². The summed E-state index contributed by atoms with van der Waals surface area (Å²) in [6.45, 7) is 8.20. The van der Waals surface area contributed by atoms with Crippen molar-refractivity contribution in [1.29, 1.82) is 0 Å². The molecule has 1 heterocycles. The molecule has 1 aliphatic carbocycles. The average molecular weight is 638 g/mol. The molecule has 3 amide bonds. The van der Waals surface area contributed by atoms with E-state index in [9.17, 15) is 14.4 Å². The van der Waals surface area contributed by atoms with Crippen molar-refractivity contribution in [3.05, 3.63) is 84.1 Å². The van der Waals surface area contributed by atoms with Crippen molar-refractivity contribution in [3.8, 4) is 11.1 Å². The Morgan fingerprint density at radius 3 is 2.45 bits per heavy atom. The molecule has 0 bridgehead atoms. The lowest BCUT2D eigenvalue weighted by atomic mass is 9.81. The third kappa shape index (κ3) is 9.05. The van der Waals surface area contributed by atoms with Crippen molar-refractivity contribution in [3.63, 3.8) is 0 Å². The Balaban J connectivity index is 1.28. The third-order valence-electron chi connectivity index (χ3n) is 9.35. The minimum Gasteiger partial charge on any atom is -0.351 e. The summed E-state index contributed by atoms with van der Waals surface area (Å²) >= 11 is 0. The molecule has 10 nitrogen and oxygen atoms in total. The number of amides is 3. The van der Waals surface area contributed by atoms with Crippen LogP contribution in [0.4, 0.5) is 5.69 Å². The lowest BCUT2D eigenvalue weighted by molar-refractivity contribution is -0.130. The molecule has 1 aromatic heterocycles. The second-order valence-electron chi connectivity index (χ2n) is 12.4. The number of hydrogen-bond donors (Lipinski definition) is 5. The molecule has 0 saturated heterocycles. The van der Waals surface area contributed by atoms with Crippen LogP contribution in [-0.2, 0) is 16.0 Å². The number of nitrogens with zero attached hydrogens (tertiary/aromatic N) is 2. The average Bonchev–Trinajstić information content (AvgIpc) is 3.58. The van der Waals surface area contributed by atoms with Crippen molar-refractivity contribution in [2.45, 2.75) is 52.0 Å². The summed E-state index contributed by atoms with van der Waals surface area (Å²) in [5.74, 6) is -0.139. The van der Waals surface area contributed by atoms with Crippen LogP contribution in [-0.4, -0.2) is 71.6 Å². The van der Waals surface area contributed by atoms with E-state index in [0.717, 1.165) is 72.9 Å². The number of likely N-dealkylation sites (N-methyl/N-ethyl adjacent to an activating group) is 1. The first kappa shape index (κ1) is 33.8. The molecule has 47 heavy (non-hydrogen) atoms. The molecule has 0 spiro atoms. The molecule has 0 aliphatic heterocycles. The standard InChI is InChI=1S/C37H47N7O3/c1-3-44(4-2)19-18-39-35(45)28-14-12-27(13-15-28)30-7-5-6-26(20-30)21-34(42-36(46)29-10-8-25(23-38)9-11-29)37(47)41-32-17-16-31-24-40-43-33(31)22-32/h5-7,12-17,20,22,24-25,29,34H,3-4,8-11,18-19,21,23,38H2,1-2H3,(H,39,45)(H,40,43)(H,41,47)(H,42,46)/t25?,29?,34-/m0/s1. The third-order valence-corrected chi connectivity index (χ3v) is 9.35. The summed E-state index contributed by atoms with van der Waals surface area (Å²) in [6.07, 6.45) is 5.45. The summed E-state index contributed by atoms with van der Waals surface area (Å²) in [5.41, 5.74) is 10.8. The van der Waals surface area contributed by atoms with Gasteiger partial charge in [0.05, 0.1) is 11.7 Å². The van der Waals surface area contributed by atoms with Crippen molar-refractivity contribution >= 4 is 34.3 Å². The molecule has 248 valence electrons. The highest BCUT2D eigenvalue weighted by atomic mass is 16.2. The van der Waals surface area contributed by atoms with E-state index in [4.69, 9.17) is 5.73 Å². The first-order valence-electron chi connectivity index (χ1n) is 16.8. The highest BCUT2D eigenvalue weighted by Gasteiger charge is 2.29. The lowest BCUT2D eigenvalue weighted by Crippen LogP contribution is -2.48. The van der Waals surface area contributed by atoms with Gasteiger partial charge in [0.1, 0.15) is 6.04 Å². The van der Waals surface area contributed by atoms with Gasteiger partial charge in [-0.1, -0.05) is 50.2 Å². The fraction of sp³-hybridized carbons (Fsp3) is 0.405. The molecule has 3 aromatic carbocycles. The number of rotatable bonds is 14. The van der Waals surface area contributed by atoms with E-state index in [0.29, 0.717) is 36.7 Å². The van der Waals surface area contributed by atoms with Gasteiger partial charge in [0.15, 0.2) is 0 Å². The summed E-state index contributed by atoms with van der Waals surface area (Å²) in [7, 11) is 0. The predicted octanol–water partition coefficient (Wildman–Crippen LogP) is 4.73. The van der Waals surface area contributed by atoms with Gasteiger partial charge in [-0.25, -0.2) is 0 Å². The second-order valence-corrected chi connectivity index (χ2v) is 12.4. The van der Waals surface area contributed by atoms with Crippen LogP contribution in [0, 0.1) is 11.8 Å². The fourth-order valence-electron chi connectivity index (χ4n) is 6.30. The highest BCUT2D eigenvalue weighted by Crippen LogP contribution is 2.29. The van der Waals surface area contributed by atoms with Crippen LogP contribution in [0.2, 0.25) is 0 Å². The highest BCUT2D eigenvalue weighted by molar-refractivity contribution is 5.99. The largest absolute Gasteiger partial charge is 0.351 e. The summed E-state index contributed by atoms with van der Waals surface area (Å²) in [5, 5.41) is 17.0. The van der Waals surface area contributed by atoms with Crippen LogP contribution in [0.15, 0.2) is 72.9 Å². The Morgan fingerprint density at radius 2 is 1.72 bits per heavy atom. The lowest BCUT2D eigenvalue weighted by Gasteiger charge is -2.28. The second kappa shape index (κ2) is 16.3. The number of carbonyl (C=O) groups is 3. The SMILES string of the molecule is CCN(CC)CCNC(=O)c1ccc(-c2cccc(C[C@H](NC(=O)C3CCC(CN)CC3)C(=O)Nc3ccc4cn[nH]c4c3)c2)cc1. The monoisotopic (exact) mass is 637 g/mol. The number of aromatic amines is 1. The molecule has 5 rings (SSSR count). The van der Waals surface area contributed by atoms with E-state index >= 15 is 0 Å². The summed E-state index contributed by atoms with van der Waals surface area (Å²) in [6, 6.07) is 20.3. The molecule has 1 saturated carbocycles. The normalized spacial score (nSPS) is 16.9. The topological polar surface area (TPSA) is 145 Å². The number of nitrogens with two attached hydrogens (primary N) is 1. The van der Waals surface area contributed by atoms with Gasteiger partial charge in [0.25, 0.3) is 5.91 Å². The summed E-state index contributed by atoms with van der Waals surface area (Å²) in [4.78, 5) is 42.1. The molecule has 1 aliphatic rings. The number of anilines is 1. The minimum absolute atomic E-state index is 0.0910. The zero-order valence-electron chi connectivity index (χ0n) is 27.4. The van der Waals surface area contributed by atoms with E-state index in [1.54, 1.807) is 6.20 Å². The van der Waals surface area contributed by atoms with Gasteiger partial charge >= 0.3 is 0 Å². The molecule has 1 atom stereocenters. The van der Waals surface area contributed by atoms with Gasteiger partial charge in [0.2, 0.25) is 11.8 Å².